The predicted molar refractivity (Wildman–Crippen MR) is 109 cm³/mol. The maximum atomic E-state index is 12.9. The summed E-state index contributed by atoms with van der Waals surface area (Å²) >= 11 is 0. The number of nitriles is 2. The largest absolute Gasteiger partial charge is 0.494 e. The molecule has 2 heterocycles. The van der Waals surface area contributed by atoms with Crippen molar-refractivity contribution in [3.8, 4) is 17.9 Å². The maximum Gasteiger partial charge on any atom is 0.177 e. The van der Waals surface area contributed by atoms with Gasteiger partial charge in [0.25, 0.3) is 0 Å². The van der Waals surface area contributed by atoms with Gasteiger partial charge in [-0.3, -0.25) is 4.79 Å². The first-order valence-corrected chi connectivity index (χ1v) is 9.68. The molecule has 0 bridgehead atoms. The lowest BCUT2D eigenvalue weighted by Gasteiger charge is -2.34. The van der Waals surface area contributed by atoms with Crippen LogP contribution in [0.1, 0.15) is 42.5 Å². The van der Waals surface area contributed by atoms with Crippen LogP contribution in [0.4, 0.5) is 0 Å². The quantitative estimate of drug-likeness (QED) is 0.791. The number of ketones is 1. The summed E-state index contributed by atoms with van der Waals surface area (Å²) < 4.78 is 5.82. The average Bonchev–Trinajstić information content (AvgIpc) is 3.05. The van der Waals surface area contributed by atoms with E-state index in [2.05, 4.69) is 12.1 Å². The van der Waals surface area contributed by atoms with Gasteiger partial charge in [0.1, 0.15) is 5.75 Å². The third kappa shape index (κ3) is 2.62. The van der Waals surface area contributed by atoms with Crippen LogP contribution < -0.4 is 4.74 Å². The Morgan fingerprint density at radius 2 is 1.76 bits per heavy atom. The zero-order chi connectivity index (χ0) is 20.6. The summed E-state index contributed by atoms with van der Waals surface area (Å²) in [6.45, 7) is 3.87. The van der Waals surface area contributed by atoms with Crippen molar-refractivity contribution in [3.05, 3.63) is 71.4 Å². The summed E-state index contributed by atoms with van der Waals surface area (Å²) in [7, 11) is 0. The number of fused-ring (bicyclic) bond motifs is 3. The molecule has 4 rings (SSSR count). The summed E-state index contributed by atoms with van der Waals surface area (Å²) in [4.78, 5) is 14.7. The van der Waals surface area contributed by atoms with E-state index in [0.29, 0.717) is 12.4 Å². The van der Waals surface area contributed by atoms with Gasteiger partial charge in [-0.1, -0.05) is 42.5 Å². The van der Waals surface area contributed by atoms with E-state index in [4.69, 9.17) is 4.74 Å². The van der Waals surface area contributed by atoms with Gasteiger partial charge >= 0.3 is 0 Å². The Hall–Kier alpha value is -3.57. The van der Waals surface area contributed by atoms with E-state index < -0.39 is 23.4 Å². The van der Waals surface area contributed by atoms with E-state index in [9.17, 15) is 15.3 Å². The van der Waals surface area contributed by atoms with Gasteiger partial charge in [-0.2, -0.15) is 10.5 Å². The minimum Gasteiger partial charge on any atom is -0.494 e. The van der Waals surface area contributed by atoms with Crippen molar-refractivity contribution in [2.24, 2.45) is 5.41 Å². The molecule has 0 saturated carbocycles. The number of carbonyl (C=O) groups is 1. The van der Waals surface area contributed by atoms with Crippen LogP contribution in [0.15, 0.2) is 54.7 Å². The number of hydrogen-bond acceptors (Lipinski definition) is 5. The summed E-state index contributed by atoms with van der Waals surface area (Å²) in [5, 5.41) is 20.7. The lowest BCUT2D eigenvalue weighted by molar-refractivity contribution is -0.121. The van der Waals surface area contributed by atoms with Crippen LogP contribution in [0.3, 0.4) is 0 Å². The fraction of sp³-hybridized carbons (Fsp3) is 0.292. The number of benzene rings is 2. The molecule has 0 unspecified atom stereocenters. The highest BCUT2D eigenvalue weighted by Gasteiger charge is 2.63. The zero-order valence-electron chi connectivity index (χ0n) is 16.4. The molecule has 29 heavy (non-hydrogen) atoms. The fourth-order valence-corrected chi connectivity index (χ4v) is 4.82. The number of rotatable bonds is 4. The van der Waals surface area contributed by atoms with E-state index in [1.54, 1.807) is 0 Å². The van der Waals surface area contributed by atoms with Crippen LogP contribution in [0, 0.1) is 28.1 Å². The van der Waals surface area contributed by atoms with Crippen molar-refractivity contribution in [2.45, 2.75) is 31.8 Å². The molecule has 2 aliphatic heterocycles. The molecule has 1 saturated heterocycles. The van der Waals surface area contributed by atoms with Crippen LogP contribution in [0.25, 0.3) is 6.08 Å². The number of Topliss-reactive ketones (excluding diaryl/α,β-unsaturated/α-hetero) is 1. The van der Waals surface area contributed by atoms with Crippen molar-refractivity contribution in [1.82, 2.24) is 4.90 Å². The predicted octanol–water partition coefficient (Wildman–Crippen LogP) is 4.20. The molecule has 2 aromatic carbocycles. The Kier molecular flexibility index (Phi) is 4.60. The van der Waals surface area contributed by atoms with Crippen molar-refractivity contribution in [1.29, 1.82) is 10.5 Å². The third-order valence-electron chi connectivity index (χ3n) is 5.91. The van der Waals surface area contributed by atoms with Crippen LogP contribution in [0.2, 0.25) is 0 Å². The Morgan fingerprint density at radius 3 is 2.41 bits per heavy atom. The topological polar surface area (TPSA) is 77.1 Å². The molecule has 144 valence electrons. The fourth-order valence-electron chi connectivity index (χ4n) is 4.82. The number of carbonyl (C=O) groups excluding carboxylic acids is 1. The van der Waals surface area contributed by atoms with E-state index in [1.807, 2.05) is 72.6 Å². The smallest absolute Gasteiger partial charge is 0.177 e. The highest BCUT2D eigenvalue weighted by Crippen LogP contribution is 2.60. The lowest BCUT2D eigenvalue weighted by Crippen LogP contribution is -2.36. The van der Waals surface area contributed by atoms with Crippen molar-refractivity contribution < 1.29 is 9.53 Å². The van der Waals surface area contributed by atoms with Gasteiger partial charge in [0.05, 0.1) is 30.8 Å². The number of hydrogen-bond donors (Lipinski definition) is 0. The first-order chi connectivity index (χ1) is 14.1. The standard InChI is InChI=1S/C24H21N3O2/c1-3-29-20-11-7-6-10-19(20)21-22(16(2)28)27-13-12-17-8-4-5-9-18(17)23(27)24(21,14-25)15-26/h4-13,21-23H,3H2,1-2H3/t21-,22+,23+/m1/s1. The number of nitrogens with zero attached hydrogens (tertiary/aromatic N) is 3. The van der Waals surface area contributed by atoms with E-state index in [0.717, 1.165) is 16.7 Å². The van der Waals surface area contributed by atoms with Gasteiger partial charge in [0.2, 0.25) is 0 Å². The van der Waals surface area contributed by atoms with Gasteiger partial charge in [0, 0.05) is 17.7 Å². The zero-order valence-corrected chi connectivity index (χ0v) is 16.4. The van der Waals surface area contributed by atoms with Crippen LogP contribution in [-0.2, 0) is 4.79 Å². The highest BCUT2D eigenvalue weighted by atomic mass is 16.5. The third-order valence-corrected chi connectivity index (χ3v) is 5.91. The van der Waals surface area contributed by atoms with Crippen LogP contribution >= 0.6 is 0 Å². The van der Waals surface area contributed by atoms with E-state index in [1.165, 1.54) is 6.92 Å². The first-order valence-electron chi connectivity index (χ1n) is 9.68. The average molecular weight is 383 g/mol. The molecular weight excluding hydrogens is 362 g/mol. The minimum absolute atomic E-state index is 0.0808. The molecule has 3 atom stereocenters. The highest BCUT2D eigenvalue weighted by molar-refractivity contribution is 5.85. The Bertz CT molecular complexity index is 1060. The summed E-state index contributed by atoms with van der Waals surface area (Å²) in [6.07, 6.45) is 3.80. The van der Waals surface area contributed by atoms with E-state index >= 15 is 0 Å². The summed E-state index contributed by atoms with van der Waals surface area (Å²) in [5.41, 5.74) is 1.13. The normalized spacial score (nSPS) is 23.4. The van der Waals surface area contributed by atoms with Gasteiger partial charge in [-0.05, 0) is 37.1 Å². The van der Waals surface area contributed by atoms with Gasteiger partial charge < -0.3 is 9.64 Å². The Balaban J connectivity index is 2.01. The molecule has 0 N–H and O–H groups in total. The first kappa shape index (κ1) is 18.8. The molecule has 1 fully saturated rings. The molecule has 0 radical (unpaired) electrons. The number of ether oxygens (including phenoxy) is 1. The summed E-state index contributed by atoms with van der Waals surface area (Å²) in [6, 6.07) is 18.6. The molecule has 5 heteroatoms. The molecule has 2 aromatic rings. The lowest BCUT2D eigenvalue weighted by atomic mass is 9.67. The van der Waals surface area contributed by atoms with Crippen LogP contribution in [-0.4, -0.2) is 23.3 Å². The summed E-state index contributed by atoms with van der Waals surface area (Å²) in [5.74, 6) is -0.112. The van der Waals surface area contributed by atoms with Gasteiger partial charge in [-0.15, -0.1) is 0 Å². The molecule has 0 amide bonds. The van der Waals surface area contributed by atoms with Crippen molar-refractivity contribution in [2.75, 3.05) is 6.61 Å². The molecule has 0 aromatic heterocycles. The molecular formula is C24H21N3O2. The molecule has 0 spiro atoms. The second-order valence-corrected chi connectivity index (χ2v) is 7.39. The second-order valence-electron chi connectivity index (χ2n) is 7.39. The number of para-hydroxylation sites is 1. The maximum absolute atomic E-state index is 12.9. The van der Waals surface area contributed by atoms with Crippen molar-refractivity contribution >= 4 is 11.9 Å². The SMILES string of the molecule is CCOc1ccccc1[C@@H]1[C@H](C(C)=O)N2C=Cc3ccccc3[C@H]2C1(C#N)C#N. The minimum atomic E-state index is -1.44. The second kappa shape index (κ2) is 7.11. The van der Waals surface area contributed by atoms with Gasteiger partial charge in [0.15, 0.2) is 11.2 Å². The molecule has 5 nitrogen and oxygen atoms in total. The Labute approximate surface area is 170 Å². The molecule has 0 aliphatic carbocycles. The van der Waals surface area contributed by atoms with E-state index in [-0.39, 0.29) is 5.78 Å². The Morgan fingerprint density at radius 1 is 1.10 bits per heavy atom. The van der Waals surface area contributed by atoms with Crippen LogP contribution in [0.5, 0.6) is 5.75 Å². The van der Waals surface area contributed by atoms with Crippen molar-refractivity contribution in [3.63, 3.8) is 0 Å². The monoisotopic (exact) mass is 383 g/mol. The van der Waals surface area contributed by atoms with Gasteiger partial charge in [-0.25, -0.2) is 0 Å². The molecule has 2 aliphatic rings.